The summed E-state index contributed by atoms with van der Waals surface area (Å²) in [4.78, 5) is 14.4. The number of hydrogen-bond donors (Lipinski definition) is 2. The van der Waals surface area contributed by atoms with E-state index in [1.54, 1.807) is 0 Å². The summed E-state index contributed by atoms with van der Waals surface area (Å²) in [6, 6.07) is 7.56. The predicted molar refractivity (Wildman–Crippen MR) is 93.7 cm³/mol. The summed E-state index contributed by atoms with van der Waals surface area (Å²) < 4.78 is 0. The molecule has 2 atom stereocenters. The SMILES string of the molecule is CNCC1CCN(CC(=O)NC(C)c2ccccc2Cl)C1.Cl. The number of likely N-dealkylation sites (tertiary alicyclic amines) is 1. The van der Waals surface area contributed by atoms with Crippen molar-refractivity contribution in [1.29, 1.82) is 0 Å². The second-order valence-electron chi connectivity index (χ2n) is 5.76. The minimum absolute atomic E-state index is 0. The van der Waals surface area contributed by atoms with E-state index in [0.717, 1.165) is 31.6 Å². The maximum atomic E-state index is 12.1. The lowest BCUT2D eigenvalue weighted by molar-refractivity contribution is -0.122. The van der Waals surface area contributed by atoms with Crippen molar-refractivity contribution >= 4 is 29.9 Å². The predicted octanol–water partition coefficient (Wildman–Crippen LogP) is 2.48. The fourth-order valence-electron chi connectivity index (χ4n) is 2.91. The van der Waals surface area contributed by atoms with Gasteiger partial charge in [0.2, 0.25) is 5.91 Å². The molecule has 1 heterocycles. The second-order valence-corrected chi connectivity index (χ2v) is 6.17. The van der Waals surface area contributed by atoms with Crippen LogP contribution in [0.25, 0.3) is 0 Å². The van der Waals surface area contributed by atoms with Gasteiger partial charge >= 0.3 is 0 Å². The van der Waals surface area contributed by atoms with Gasteiger partial charge in [-0.1, -0.05) is 29.8 Å². The number of benzene rings is 1. The van der Waals surface area contributed by atoms with E-state index in [9.17, 15) is 4.79 Å². The van der Waals surface area contributed by atoms with Crippen LogP contribution in [0.3, 0.4) is 0 Å². The number of nitrogens with one attached hydrogen (secondary N) is 2. The largest absolute Gasteiger partial charge is 0.348 e. The Bertz CT molecular complexity index is 484. The van der Waals surface area contributed by atoms with E-state index in [1.807, 2.05) is 38.2 Å². The molecule has 1 aromatic carbocycles. The van der Waals surface area contributed by atoms with Gasteiger partial charge in [0.15, 0.2) is 0 Å². The Morgan fingerprint density at radius 3 is 2.86 bits per heavy atom. The molecule has 1 amide bonds. The van der Waals surface area contributed by atoms with Gasteiger partial charge in [-0.25, -0.2) is 0 Å². The van der Waals surface area contributed by atoms with Gasteiger partial charge in [0, 0.05) is 11.6 Å². The van der Waals surface area contributed by atoms with E-state index in [4.69, 9.17) is 11.6 Å². The monoisotopic (exact) mass is 345 g/mol. The van der Waals surface area contributed by atoms with Crippen molar-refractivity contribution < 1.29 is 4.79 Å². The maximum Gasteiger partial charge on any atom is 0.234 e. The number of rotatable bonds is 6. The lowest BCUT2D eigenvalue weighted by Gasteiger charge is -2.19. The molecular formula is C16H25Cl2N3O. The Morgan fingerprint density at radius 2 is 2.18 bits per heavy atom. The van der Waals surface area contributed by atoms with Crippen molar-refractivity contribution in [2.75, 3.05) is 33.2 Å². The molecule has 4 nitrogen and oxygen atoms in total. The number of halogens is 2. The average molecular weight is 346 g/mol. The normalized spacial score (nSPS) is 19.5. The molecule has 0 bridgehead atoms. The maximum absolute atomic E-state index is 12.1. The molecular weight excluding hydrogens is 321 g/mol. The zero-order valence-corrected chi connectivity index (χ0v) is 14.7. The molecule has 1 aromatic rings. The van der Waals surface area contributed by atoms with Crippen LogP contribution < -0.4 is 10.6 Å². The summed E-state index contributed by atoms with van der Waals surface area (Å²) in [5, 5.41) is 6.93. The summed E-state index contributed by atoms with van der Waals surface area (Å²) in [6.07, 6.45) is 1.16. The third-order valence-electron chi connectivity index (χ3n) is 3.98. The van der Waals surface area contributed by atoms with Gasteiger partial charge in [-0.05, 0) is 51.0 Å². The highest BCUT2D eigenvalue weighted by Crippen LogP contribution is 2.22. The standard InChI is InChI=1S/C16H24ClN3O.ClH/c1-12(14-5-3-4-6-15(14)17)19-16(21)11-20-8-7-13(10-20)9-18-2;/h3-6,12-13,18H,7-11H2,1-2H3,(H,19,21);1H. The highest BCUT2D eigenvalue weighted by molar-refractivity contribution is 6.31. The Kier molecular flexibility index (Phi) is 8.18. The van der Waals surface area contributed by atoms with Gasteiger partial charge in [0.1, 0.15) is 0 Å². The molecule has 1 saturated heterocycles. The second kappa shape index (κ2) is 9.36. The van der Waals surface area contributed by atoms with Gasteiger partial charge in [-0.2, -0.15) is 0 Å². The number of nitrogens with zero attached hydrogens (tertiary/aromatic N) is 1. The summed E-state index contributed by atoms with van der Waals surface area (Å²) in [6.45, 7) is 5.45. The molecule has 6 heteroatoms. The Balaban J connectivity index is 0.00000242. The van der Waals surface area contributed by atoms with E-state index < -0.39 is 0 Å². The fraction of sp³-hybridized carbons (Fsp3) is 0.562. The summed E-state index contributed by atoms with van der Waals surface area (Å²) in [7, 11) is 1.97. The first-order valence-electron chi connectivity index (χ1n) is 7.51. The lowest BCUT2D eigenvalue weighted by atomic mass is 10.1. The number of amides is 1. The first-order valence-corrected chi connectivity index (χ1v) is 7.88. The average Bonchev–Trinajstić information content (AvgIpc) is 2.86. The van der Waals surface area contributed by atoms with Gasteiger partial charge in [0.25, 0.3) is 0 Å². The molecule has 0 saturated carbocycles. The minimum Gasteiger partial charge on any atom is -0.348 e. The van der Waals surface area contributed by atoms with Crippen LogP contribution in [0.5, 0.6) is 0 Å². The first kappa shape index (κ1) is 19.2. The van der Waals surface area contributed by atoms with Crippen molar-refractivity contribution in [2.45, 2.75) is 19.4 Å². The molecule has 0 spiro atoms. The third kappa shape index (κ3) is 5.43. The van der Waals surface area contributed by atoms with Crippen molar-refractivity contribution in [2.24, 2.45) is 5.92 Å². The summed E-state index contributed by atoms with van der Waals surface area (Å²) in [5.74, 6) is 0.719. The number of carbonyl (C=O) groups excluding carboxylic acids is 1. The van der Waals surface area contributed by atoms with Gasteiger partial charge in [-0.3, -0.25) is 9.69 Å². The van der Waals surface area contributed by atoms with E-state index in [2.05, 4.69) is 15.5 Å². The highest BCUT2D eigenvalue weighted by atomic mass is 35.5. The first-order chi connectivity index (χ1) is 10.1. The van der Waals surface area contributed by atoms with Crippen molar-refractivity contribution in [3.63, 3.8) is 0 Å². The molecule has 1 aliphatic heterocycles. The molecule has 0 aliphatic carbocycles. The van der Waals surface area contributed by atoms with Crippen LogP contribution in [0, 0.1) is 5.92 Å². The molecule has 1 aliphatic rings. The van der Waals surface area contributed by atoms with E-state index in [-0.39, 0.29) is 24.4 Å². The van der Waals surface area contributed by atoms with E-state index in [0.29, 0.717) is 17.5 Å². The Labute approximate surface area is 144 Å². The quantitative estimate of drug-likeness (QED) is 0.832. The Morgan fingerprint density at radius 1 is 1.45 bits per heavy atom. The van der Waals surface area contributed by atoms with Crippen molar-refractivity contribution in [3.05, 3.63) is 34.9 Å². The third-order valence-corrected chi connectivity index (χ3v) is 4.32. The molecule has 1 fully saturated rings. The zero-order valence-electron chi connectivity index (χ0n) is 13.1. The van der Waals surface area contributed by atoms with Gasteiger partial charge in [0.05, 0.1) is 12.6 Å². The zero-order chi connectivity index (χ0) is 15.2. The highest BCUT2D eigenvalue weighted by Gasteiger charge is 2.24. The van der Waals surface area contributed by atoms with Gasteiger partial charge in [-0.15, -0.1) is 12.4 Å². The summed E-state index contributed by atoms with van der Waals surface area (Å²) in [5.41, 5.74) is 0.960. The van der Waals surface area contributed by atoms with Crippen molar-refractivity contribution in [1.82, 2.24) is 15.5 Å². The van der Waals surface area contributed by atoms with Crippen LogP contribution in [0.4, 0.5) is 0 Å². The van der Waals surface area contributed by atoms with E-state index >= 15 is 0 Å². The van der Waals surface area contributed by atoms with Gasteiger partial charge < -0.3 is 10.6 Å². The van der Waals surface area contributed by atoms with Crippen LogP contribution in [0.15, 0.2) is 24.3 Å². The molecule has 124 valence electrons. The van der Waals surface area contributed by atoms with E-state index in [1.165, 1.54) is 0 Å². The minimum atomic E-state index is -0.0677. The molecule has 2 N–H and O–H groups in total. The number of hydrogen-bond acceptors (Lipinski definition) is 3. The van der Waals surface area contributed by atoms with Crippen LogP contribution >= 0.6 is 24.0 Å². The van der Waals surface area contributed by atoms with Crippen LogP contribution in [0.2, 0.25) is 5.02 Å². The number of carbonyl (C=O) groups is 1. The fourth-order valence-corrected chi connectivity index (χ4v) is 3.21. The molecule has 22 heavy (non-hydrogen) atoms. The van der Waals surface area contributed by atoms with Crippen molar-refractivity contribution in [3.8, 4) is 0 Å². The summed E-state index contributed by atoms with van der Waals surface area (Å²) >= 11 is 6.16. The molecule has 0 aromatic heterocycles. The Hall–Kier alpha value is -0.810. The molecule has 0 radical (unpaired) electrons. The van der Waals surface area contributed by atoms with Crippen LogP contribution in [0.1, 0.15) is 24.9 Å². The topological polar surface area (TPSA) is 44.4 Å². The molecule has 2 rings (SSSR count). The molecule has 2 unspecified atom stereocenters. The van der Waals surface area contributed by atoms with Crippen LogP contribution in [-0.2, 0) is 4.79 Å². The lowest BCUT2D eigenvalue weighted by Crippen LogP contribution is -2.37. The van der Waals surface area contributed by atoms with Crippen LogP contribution in [-0.4, -0.2) is 44.0 Å². The smallest absolute Gasteiger partial charge is 0.234 e.